The number of benzene rings is 1. The van der Waals surface area contributed by atoms with Crippen molar-refractivity contribution >= 4 is 39.8 Å². The molecule has 0 aliphatic heterocycles. The lowest BCUT2D eigenvalue weighted by Gasteiger charge is -2.01. The lowest BCUT2D eigenvalue weighted by atomic mass is 10.2. The standard InChI is InChI=1S/C13H12N4O2S/c1-17-9-5-3-2-4-8(9)11-12(17)14-13(16-15-11)20-7-6-10(18)19/h2-5H,6-7H2,1H3,(H,18,19)/p-1. The molecule has 0 atom stereocenters. The zero-order chi connectivity index (χ0) is 14.1. The van der Waals surface area contributed by atoms with Crippen molar-refractivity contribution < 1.29 is 9.90 Å². The second-order valence-electron chi connectivity index (χ2n) is 4.31. The maximum absolute atomic E-state index is 10.4. The summed E-state index contributed by atoms with van der Waals surface area (Å²) in [7, 11) is 1.93. The number of carbonyl (C=O) groups is 1. The van der Waals surface area contributed by atoms with E-state index in [0.717, 1.165) is 22.1 Å². The van der Waals surface area contributed by atoms with Gasteiger partial charge in [0, 0.05) is 24.2 Å². The summed E-state index contributed by atoms with van der Waals surface area (Å²) < 4.78 is 1.96. The Morgan fingerprint density at radius 2 is 2.15 bits per heavy atom. The van der Waals surface area contributed by atoms with Gasteiger partial charge in [0.1, 0.15) is 5.52 Å². The van der Waals surface area contributed by atoms with Crippen molar-refractivity contribution in [2.24, 2.45) is 7.05 Å². The van der Waals surface area contributed by atoms with Crippen LogP contribution in [-0.4, -0.2) is 31.5 Å². The summed E-state index contributed by atoms with van der Waals surface area (Å²) in [4.78, 5) is 14.8. The second kappa shape index (κ2) is 5.09. The van der Waals surface area contributed by atoms with Crippen molar-refractivity contribution in [3.05, 3.63) is 24.3 Å². The number of carboxylic acids is 1. The number of nitrogens with zero attached hydrogens (tertiary/aromatic N) is 4. The molecule has 7 heteroatoms. The first-order valence-electron chi connectivity index (χ1n) is 6.07. The Morgan fingerprint density at radius 1 is 1.35 bits per heavy atom. The van der Waals surface area contributed by atoms with Crippen LogP contribution >= 0.6 is 11.8 Å². The molecule has 1 aromatic carbocycles. The van der Waals surface area contributed by atoms with Gasteiger partial charge in [-0.1, -0.05) is 30.0 Å². The number of para-hydroxylation sites is 1. The molecule has 6 nitrogen and oxygen atoms in total. The summed E-state index contributed by atoms with van der Waals surface area (Å²) in [5.41, 5.74) is 2.55. The number of hydrogen-bond acceptors (Lipinski definition) is 6. The van der Waals surface area contributed by atoms with Crippen LogP contribution in [0, 0.1) is 0 Å². The van der Waals surface area contributed by atoms with Crippen LogP contribution in [0.25, 0.3) is 22.1 Å². The highest BCUT2D eigenvalue weighted by atomic mass is 32.2. The van der Waals surface area contributed by atoms with E-state index in [1.54, 1.807) is 0 Å². The zero-order valence-corrected chi connectivity index (χ0v) is 11.6. The number of carbonyl (C=O) groups excluding carboxylic acids is 1. The molecule has 102 valence electrons. The molecule has 0 bridgehead atoms. The van der Waals surface area contributed by atoms with Crippen LogP contribution in [0.5, 0.6) is 0 Å². The molecule has 0 amide bonds. The largest absolute Gasteiger partial charge is 0.550 e. The molecule has 2 heterocycles. The van der Waals surface area contributed by atoms with Crippen molar-refractivity contribution in [1.82, 2.24) is 19.7 Å². The van der Waals surface area contributed by atoms with E-state index in [4.69, 9.17) is 0 Å². The van der Waals surface area contributed by atoms with Crippen LogP contribution < -0.4 is 5.11 Å². The molecule has 0 radical (unpaired) electrons. The molecule has 0 fully saturated rings. The van der Waals surface area contributed by atoms with E-state index in [0.29, 0.717) is 10.9 Å². The Morgan fingerprint density at radius 3 is 2.95 bits per heavy atom. The maximum Gasteiger partial charge on any atom is 0.211 e. The van der Waals surface area contributed by atoms with E-state index < -0.39 is 5.97 Å². The summed E-state index contributed by atoms with van der Waals surface area (Å²) in [5, 5.41) is 20.1. The van der Waals surface area contributed by atoms with Gasteiger partial charge in [0.25, 0.3) is 0 Å². The van der Waals surface area contributed by atoms with Gasteiger partial charge in [-0.2, -0.15) is 0 Å². The molecule has 3 aromatic rings. The van der Waals surface area contributed by atoms with E-state index in [1.165, 1.54) is 11.8 Å². The Balaban J connectivity index is 2.00. The first kappa shape index (κ1) is 12.9. The molecule has 0 saturated carbocycles. The van der Waals surface area contributed by atoms with E-state index in [2.05, 4.69) is 15.2 Å². The highest BCUT2D eigenvalue weighted by molar-refractivity contribution is 7.99. The van der Waals surface area contributed by atoms with Crippen molar-refractivity contribution in [2.45, 2.75) is 11.6 Å². The minimum Gasteiger partial charge on any atom is -0.550 e. The number of thioether (sulfide) groups is 1. The summed E-state index contributed by atoms with van der Waals surface area (Å²) >= 11 is 1.26. The summed E-state index contributed by atoms with van der Waals surface area (Å²) in [6, 6.07) is 7.90. The highest BCUT2D eigenvalue weighted by Crippen LogP contribution is 2.25. The van der Waals surface area contributed by atoms with Crippen molar-refractivity contribution in [2.75, 3.05) is 5.75 Å². The lowest BCUT2D eigenvalue weighted by Crippen LogP contribution is -2.22. The molecular formula is C13H11N4O2S-. The van der Waals surface area contributed by atoms with Crippen LogP contribution in [0.3, 0.4) is 0 Å². The van der Waals surface area contributed by atoms with Crippen LogP contribution in [0.2, 0.25) is 0 Å². The smallest absolute Gasteiger partial charge is 0.211 e. The normalized spacial score (nSPS) is 11.2. The van der Waals surface area contributed by atoms with Gasteiger partial charge in [-0.3, -0.25) is 0 Å². The molecule has 3 rings (SSSR count). The third-order valence-corrected chi connectivity index (χ3v) is 3.86. The minimum atomic E-state index is -1.07. The van der Waals surface area contributed by atoms with Gasteiger partial charge < -0.3 is 14.5 Å². The average Bonchev–Trinajstić information content (AvgIpc) is 2.73. The number of carboxylic acid groups (broad SMARTS) is 1. The van der Waals surface area contributed by atoms with Gasteiger partial charge in [-0.05, 0) is 12.5 Å². The number of aliphatic carboxylic acids is 1. The fraction of sp³-hybridized carbons (Fsp3) is 0.231. The highest BCUT2D eigenvalue weighted by Gasteiger charge is 2.12. The third-order valence-electron chi connectivity index (χ3n) is 3.02. The van der Waals surface area contributed by atoms with E-state index >= 15 is 0 Å². The van der Waals surface area contributed by atoms with Crippen LogP contribution in [0.1, 0.15) is 6.42 Å². The van der Waals surface area contributed by atoms with E-state index in [1.807, 2.05) is 35.9 Å². The Hall–Kier alpha value is -2.15. The van der Waals surface area contributed by atoms with Crippen LogP contribution in [0.15, 0.2) is 29.4 Å². The van der Waals surface area contributed by atoms with Crippen molar-refractivity contribution in [3.8, 4) is 0 Å². The van der Waals surface area contributed by atoms with Gasteiger partial charge in [-0.15, -0.1) is 10.2 Å². The minimum absolute atomic E-state index is 0.0266. The van der Waals surface area contributed by atoms with Gasteiger partial charge in [0.15, 0.2) is 5.65 Å². The molecule has 0 aliphatic rings. The number of hydrogen-bond donors (Lipinski definition) is 0. The van der Waals surface area contributed by atoms with Crippen LogP contribution in [0.4, 0.5) is 0 Å². The van der Waals surface area contributed by atoms with E-state index in [9.17, 15) is 9.90 Å². The number of aromatic nitrogens is 4. The molecule has 20 heavy (non-hydrogen) atoms. The van der Waals surface area contributed by atoms with Gasteiger partial charge in [0.05, 0.1) is 5.52 Å². The summed E-state index contributed by atoms with van der Waals surface area (Å²) in [6.45, 7) is 0. The lowest BCUT2D eigenvalue weighted by molar-refractivity contribution is -0.305. The third kappa shape index (κ3) is 2.20. The summed E-state index contributed by atoms with van der Waals surface area (Å²) in [6.07, 6.45) is -0.0266. The first-order chi connectivity index (χ1) is 9.66. The molecule has 0 aliphatic carbocycles. The van der Waals surface area contributed by atoms with Crippen molar-refractivity contribution in [3.63, 3.8) is 0 Å². The van der Waals surface area contributed by atoms with Gasteiger partial charge in [-0.25, -0.2) is 4.98 Å². The molecule has 0 saturated heterocycles. The number of rotatable bonds is 4. The zero-order valence-electron chi connectivity index (χ0n) is 10.7. The molecule has 0 N–H and O–H groups in total. The Kier molecular flexibility index (Phi) is 3.27. The molecule has 0 unspecified atom stereocenters. The fourth-order valence-corrected chi connectivity index (χ4v) is 2.78. The topological polar surface area (TPSA) is 83.7 Å². The maximum atomic E-state index is 10.4. The predicted octanol–water partition coefficient (Wildman–Crippen LogP) is 0.749. The Labute approximate surface area is 118 Å². The van der Waals surface area contributed by atoms with Crippen LogP contribution in [-0.2, 0) is 11.8 Å². The first-order valence-corrected chi connectivity index (χ1v) is 7.06. The molecule has 0 spiro atoms. The van der Waals surface area contributed by atoms with E-state index in [-0.39, 0.29) is 6.42 Å². The van der Waals surface area contributed by atoms with Gasteiger partial charge in [0.2, 0.25) is 5.16 Å². The predicted molar refractivity (Wildman–Crippen MR) is 74.2 cm³/mol. The average molecular weight is 287 g/mol. The number of aryl methyl sites for hydroxylation is 1. The quantitative estimate of drug-likeness (QED) is 0.658. The Bertz CT molecular complexity index is 800. The monoisotopic (exact) mass is 287 g/mol. The second-order valence-corrected chi connectivity index (χ2v) is 5.38. The molecule has 2 aromatic heterocycles. The summed E-state index contributed by atoms with van der Waals surface area (Å²) in [5.74, 6) is -0.699. The van der Waals surface area contributed by atoms with Gasteiger partial charge >= 0.3 is 0 Å². The molecular weight excluding hydrogens is 276 g/mol. The number of fused-ring (bicyclic) bond motifs is 3. The SMILES string of the molecule is Cn1c2ccccc2c2nnc(SCCC(=O)[O-])nc21. The van der Waals surface area contributed by atoms with Crippen molar-refractivity contribution in [1.29, 1.82) is 0 Å². The fourth-order valence-electron chi connectivity index (χ4n) is 2.08.